The SMILES string of the molecule is COCCc1noc([C@H]2CCCN(C(=O)c3cn(C)c4ccccc34)C2)n1. The molecule has 1 aromatic carbocycles. The Morgan fingerprint density at radius 1 is 1.37 bits per heavy atom. The molecule has 1 fully saturated rings. The van der Waals surface area contributed by atoms with Crippen molar-refractivity contribution in [2.24, 2.45) is 7.05 Å². The summed E-state index contributed by atoms with van der Waals surface area (Å²) in [5.41, 5.74) is 1.81. The molecule has 0 N–H and O–H groups in total. The lowest BCUT2D eigenvalue weighted by molar-refractivity contribution is 0.0697. The normalized spacial score (nSPS) is 17.6. The molecule has 27 heavy (non-hydrogen) atoms. The summed E-state index contributed by atoms with van der Waals surface area (Å²) in [6.07, 6.45) is 4.43. The minimum atomic E-state index is 0.0654. The van der Waals surface area contributed by atoms with Crippen LogP contribution in [0.2, 0.25) is 0 Å². The minimum absolute atomic E-state index is 0.0654. The highest BCUT2D eigenvalue weighted by Gasteiger charge is 2.30. The van der Waals surface area contributed by atoms with Crippen molar-refractivity contribution in [3.63, 3.8) is 0 Å². The van der Waals surface area contributed by atoms with E-state index >= 15 is 0 Å². The first-order valence-electron chi connectivity index (χ1n) is 9.32. The van der Waals surface area contributed by atoms with Gasteiger partial charge in [0.15, 0.2) is 5.82 Å². The van der Waals surface area contributed by atoms with Crippen LogP contribution in [0.1, 0.15) is 40.8 Å². The van der Waals surface area contributed by atoms with Crippen molar-refractivity contribution in [3.8, 4) is 0 Å². The number of carbonyl (C=O) groups excluding carboxylic acids is 1. The van der Waals surface area contributed by atoms with Crippen molar-refractivity contribution in [3.05, 3.63) is 47.7 Å². The highest BCUT2D eigenvalue weighted by atomic mass is 16.5. The molecular weight excluding hydrogens is 344 g/mol. The fourth-order valence-corrected chi connectivity index (χ4v) is 3.77. The number of hydrogen-bond acceptors (Lipinski definition) is 5. The van der Waals surface area contributed by atoms with E-state index in [0.717, 1.165) is 35.9 Å². The monoisotopic (exact) mass is 368 g/mol. The van der Waals surface area contributed by atoms with Crippen molar-refractivity contribution in [2.75, 3.05) is 26.8 Å². The molecule has 1 saturated heterocycles. The Morgan fingerprint density at radius 3 is 3.07 bits per heavy atom. The van der Waals surface area contributed by atoms with Gasteiger partial charge in [-0.15, -0.1) is 0 Å². The Kier molecular flexibility index (Phi) is 4.94. The van der Waals surface area contributed by atoms with Gasteiger partial charge in [-0.25, -0.2) is 0 Å². The predicted octanol–water partition coefficient (Wildman–Crippen LogP) is 2.77. The molecule has 3 aromatic rings. The van der Waals surface area contributed by atoms with E-state index in [1.165, 1.54) is 0 Å². The van der Waals surface area contributed by atoms with Crippen molar-refractivity contribution >= 4 is 16.8 Å². The van der Waals surface area contributed by atoms with Gasteiger partial charge in [0.2, 0.25) is 5.89 Å². The van der Waals surface area contributed by atoms with Crippen molar-refractivity contribution in [1.29, 1.82) is 0 Å². The Bertz CT molecular complexity index is 946. The third kappa shape index (κ3) is 3.47. The first-order valence-corrected chi connectivity index (χ1v) is 9.32. The zero-order valence-corrected chi connectivity index (χ0v) is 15.7. The molecule has 2 aromatic heterocycles. The molecule has 0 aliphatic carbocycles. The average molecular weight is 368 g/mol. The number of methoxy groups -OCH3 is 1. The number of carbonyl (C=O) groups is 1. The van der Waals surface area contributed by atoms with Crippen LogP contribution in [0.5, 0.6) is 0 Å². The van der Waals surface area contributed by atoms with E-state index in [4.69, 9.17) is 9.26 Å². The molecule has 0 spiro atoms. The molecule has 1 aliphatic rings. The summed E-state index contributed by atoms with van der Waals surface area (Å²) < 4.78 is 12.5. The number of ether oxygens (including phenoxy) is 1. The van der Waals surface area contributed by atoms with Gasteiger partial charge < -0.3 is 18.7 Å². The smallest absolute Gasteiger partial charge is 0.256 e. The van der Waals surface area contributed by atoms with Gasteiger partial charge in [-0.3, -0.25) is 4.79 Å². The van der Waals surface area contributed by atoms with Crippen molar-refractivity contribution < 1.29 is 14.1 Å². The van der Waals surface area contributed by atoms with E-state index in [1.54, 1.807) is 7.11 Å². The number of fused-ring (bicyclic) bond motifs is 1. The van der Waals surface area contributed by atoms with Crippen LogP contribution in [0, 0.1) is 0 Å². The molecule has 0 bridgehead atoms. The first-order chi connectivity index (χ1) is 13.2. The Labute approximate surface area is 157 Å². The number of aryl methyl sites for hydroxylation is 1. The summed E-state index contributed by atoms with van der Waals surface area (Å²) in [6.45, 7) is 1.92. The second-order valence-corrected chi connectivity index (χ2v) is 7.05. The number of piperidine rings is 1. The molecule has 1 atom stereocenters. The third-order valence-corrected chi connectivity index (χ3v) is 5.20. The number of likely N-dealkylation sites (tertiary alicyclic amines) is 1. The van der Waals surface area contributed by atoms with Gasteiger partial charge in [0, 0.05) is 50.8 Å². The number of rotatable bonds is 5. The topological polar surface area (TPSA) is 73.4 Å². The third-order valence-electron chi connectivity index (χ3n) is 5.20. The van der Waals surface area contributed by atoms with Gasteiger partial charge in [-0.05, 0) is 18.9 Å². The molecular formula is C20H24N4O3. The van der Waals surface area contributed by atoms with E-state index in [1.807, 2.05) is 47.0 Å². The fraction of sp³-hybridized carbons (Fsp3) is 0.450. The van der Waals surface area contributed by atoms with Crippen LogP contribution in [-0.2, 0) is 18.2 Å². The molecule has 0 saturated carbocycles. The zero-order valence-electron chi connectivity index (χ0n) is 15.7. The lowest BCUT2D eigenvalue weighted by Gasteiger charge is -2.31. The average Bonchev–Trinajstić information content (AvgIpc) is 3.31. The van der Waals surface area contributed by atoms with E-state index < -0.39 is 0 Å². The van der Waals surface area contributed by atoms with E-state index in [9.17, 15) is 4.79 Å². The second kappa shape index (κ2) is 7.52. The quantitative estimate of drug-likeness (QED) is 0.692. The number of amides is 1. The van der Waals surface area contributed by atoms with Crippen LogP contribution in [0.3, 0.4) is 0 Å². The highest BCUT2D eigenvalue weighted by Crippen LogP contribution is 2.28. The molecule has 1 aliphatic heterocycles. The maximum Gasteiger partial charge on any atom is 0.256 e. The molecule has 142 valence electrons. The summed E-state index contributed by atoms with van der Waals surface area (Å²) in [7, 11) is 3.62. The van der Waals surface area contributed by atoms with Gasteiger partial charge in [0.25, 0.3) is 5.91 Å². The van der Waals surface area contributed by atoms with Crippen LogP contribution in [0.15, 0.2) is 35.0 Å². The number of hydrogen-bond donors (Lipinski definition) is 0. The van der Waals surface area contributed by atoms with Gasteiger partial charge in [0.05, 0.1) is 18.1 Å². The number of aromatic nitrogens is 3. The second-order valence-electron chi connectivity index (χ2n) is 7.05. The van der Waals surface area contributed by atoms with Gasteiger partial charge in [0.1, 0.15) is 0 Å². The number of benzene rings is 1. The molecule has 1 amide bonds. The minimum Gasteiger partial charge on any atom is -0.384 e. The van der Waals surface area contributed by atoms with E-state index in [-0.39, 0.29) is 11.8 Å². The van der Waals surface area contributed by atoms with Crippen LogP contribution in [0.25, 0.3) is 10.9 Å². The molecule has 4 rings (SSSR count). The van der Waals surface area contributed by atoms with Gasteiger partial charge in [-0.2, -0.15) is 4.98 Å². The maximum absolute atomic E-state index is 13.2. The van der Waals surface area contributed by atoms with Crippen LogP contribution >= 0.6 is 0 Å². The Balaban J connectivity index is 1.52. The van der Waals surface area contributed by atoms with Crippen molar-refractivity contribution in [2.45, 2.75) is 25.2 Å². The summed E-state index contributed by atoms with van der Waals surface area (Å²) >= 11 is 0. The Morgan fingerprint density at radius 2 is 2.22 bits per heavy atom. The standard InChI is InChI=1S/C20H24N4O3/c1-23-13-16(15-7-3-4-8-17(15)23)20(25)24-10-5-6-14(12-24)19-21-18(22-27-19)9-11-26-2/h3-4,7-8,13-14H,5-6,9-12H2,1-2H3/t14-/m0/s1. The van der Waals surface area contributed by atoms with Crippen LogP contribution in [-0.4, -0.2) is 52.3 Å². The molecule has 7 nitrogen and oxygen atoms in total. The molecule has 0 unspecified atom stereocenters. The number of para-hydroxylation sites is 1. The lowest BCUT2D eigenvalue weighted by atomic mass is 9.97. The van der Waals surface area contributed by atoms with Gasteiger partial charge >= 0.3 is 0 Å². The van der Waals surface area contributed by atoms with Crippen LogP contribution < -0.4 is 0 Å². The molecule has 0 radical (unpaired) electrons. The van der Waals surface area contributed by atoms with E-state index in [2.05, 4.69) is 10.1 Å². The largest absolute Gasteiger partial charge is 0.384 e. The number of nitrogens with zero attached hydrogens (tertiary/aromatic N) is 4. The fourth-order valence-electron chi connectivity index (χ4n) is 3.77. The maximum atomic E-state index is 13.2. The molecule has 3 heterocycles. The summed E-state index contributed by atoms with van der Waals surface area (Å²) in [4.78, 5) is 19.6. The summed E-state index contributed by atoms with van der Waals surface area (Å²) in [5.74, 6) is 1.43. The van der Waals surface area contributed by atoms with Crippen LogP contribution in [0.4, 0.5) is 0 Å². The molecule has 7 heteroatoms. The predicted molar refractivity (Wildman–Crippen MR) is 101 cm³/mol. The highest BCUT2D eigenvalue weighted by molar-refractivity contribution is 6.07. The first kappa shape index (κ1) is 17.7. The summed E-state index contributed by atoms with van der Waals surface area (Å²) in [6, 6.07) is 8.00. The van der Waals surface area contributed by atoms with Crippen molar-refractivity contribution in [1.82, 2.24) is 19.6 Å². The van der Waals surface area contributed by atoms with Gasteiger partial charge in [-0.1, -0.05) is 23.4 Å². The lowest BCUT2D eigenvalue weighted by Crippen LogP contribution is -2.39. The Hall–Kier alpha value is -2.67. The van der Waals surface area contributed by atoms with E-state index in [0.29, 0.717) is 31.3 Å². The zero-order chi connectivity index (χ0) is 18.8. The summed E-state index contributed by atoms with van der Waals surface area (Å²) in [5, 5.41) is 5.02.